The molecule has 3 aromatic carbocycles. The molecule has 0 bridgehead atoms. The van der Waals surface area contributed by atoms with E-state index in [1.54, 1.807) is 25.3 Å². The fourth-order valence-corrected chi connectivity index (χ4v) is 4.46. The summed E-state index contributed by atoms with van der Waals surface area (Å²) in [6.07, 6.45) is 1.44. The van der Waals surface area contributed by atoms with Crippen molar-refractivity contribution in [1.29, 1.82) is 0 Å². The van der Waals surface area contributed by atoms with E-state index in [0.717, 1.165) is 27.4 Å². The fraction of sp³-hybridized carbons (Fsp3) is 0.200. The number of carbonyl (C=O) groups excluding carboxylic acids is 2. The van der Waals surface area contributed by atoms with Crippen molar-refractivity contribution >= 4 is 33.9 Å². The molecule has 0 aliphatic carbocycles. The van der Waals surface area contributed by atoms with Crippen LogP contribution in [0.1, 0.15) is 29.9 Å². The van der Waals surface area contributed by atoms with Gasteiger partial charge in [-0.2, -0.15) is 0 Å². The number of hydrogen-bond donors (Lipinski definition) is 3. The van der Waals surface area contributed by atoms with Crippen LogP contribution in [0.25, 0.3) is 21.9 Å². The average Bonchev–Trinajstić information content (AvgIpc) is 3.55. The van der Waals surface area contributed by atoms with E-state index in [2.05, 4.69) is 15.6 Å². The van der Waals surface area contributed by atoms with Crippen LogP contribution in [0.2, 0.25) is 0 Å². The monoisotopic (exact) mass is 511 g/mol. The lowest BCUT2D eigenvalue weighted by molar-refractivity contribution is -0.123. The maximum absolute atomic E-state index is 13.4. The molecule has 5 rings (SSSR count). The van der Waals surface area contributed by atoms with Gasteiger partial charge in [-0.25, -0.2) is 4.79 Å². The maximum Gasteiger partial charge on any atom is 0.408 e. The minimum atomic E-state index is -0.854. The highest BCUT2D eigenvalue weighted by Gasteiger charge is 2.25. The van der Waals surface area contributed by atoms with E-state index in [1.807, 2.05) is 73.8 Å². The van der Waals surface area contributed by atoms with Gasteiger partial charge in [0.2, 0.25) is 5.91 Å². The van der Waals surface area contributed by atoms with E-state index in [9.17, 15) is 9.59 Å². The van der Waals surface area contributed by atoms with Crippen LogP contribution in [0, 0.1) is 0 Å². The van der Waals surface area contributed by atoms with E-state index < -0.39 is 12.1 Å². The topological polar surface area (TPSA) is 106 Å². The second kappa shape index (κ2) is 11.1. The van der Waals surface area contributed by atoms with Crippen LogP contribution in [0.3, 0.4) is 0 Å². The van der Waals surface area contributed by atoms with Crippen LogP contribution >= 0.6 is 0 Å². The molecule has 2 atom stereocenters. The number of amides is 2. The molecule has 0 saturated heterocycles. The van der Waals surface area contributed by atoms with Crippen molar-refractivity contribution in [2.75, 3.05) is 7.11 Å². The first kappa shape index (κ1) is 25.0. The van der Waals surface area contributed by atoms with Crippen LogP contribution in [0.15, 0.2) is 89.5 Å². The molecule has 5 aromatic rings. The number of alkyl carbamates (subject to hydrolysis) is 1. The predicted octanol–water partition coefficient (Wildman–Crippen LogP) is 5.64. The zero-order valence-corrected chi connectivity index (χ0v) is 21.2. The van der Waals surface area contributed by atoms with Crippen molar-refractivity contribution in [3.63, 3.8) is 0 Å². The summed E-state index contributed by atoms with van der Waals surface area (Å²) < 4.78 is 16.4. The Morgan fingerprint density at radius 2 is 1.76 bits per heavy atom. The number of hydrogen-bond acceptors (Lipinski definition) is 5. The lowest BCUT2D eigenvalue weighted by Crippen LogP contribution is -2.48. The van der Waals surface area contributed by atoms with Crippen molar-refractivity contribution in [2.24, 2.45) is 0 Å². The van der Waals surface area contributed by atoms with Crippen molar-refractivity contribution in [3.05, 3.63) is 102 Å². The lowest BCUT2D eigenvalue weighted by Gasteiger charge is -2.21. The van der Waals surface area contributed by atoms with Crippen LogP contribution in [0.4, 0.5) is 4.79 Å². The minimum Gasteiger partial charge on any atom is -0.497 e. The highest BCUT2D eigenvalue weighted by atomic mass is 16.6. The number of fused-ring (bicyclic) bond motifs is 2. The van der Waals surface area contributed by atoms with Gasteiger partial charge < -0.3 is 29.5 Å². The zero-order chi connectivity index (χ0) is 26.5. The molecule has 0 aliphatic heterocycles. The second-order valence-electron chi connectivity index (χ2n) is 9.09. The Hall–Kier alpha value is -4.72. The Labute approximate surface area is 219 Å². The predicted molar refractivity (Wildman–Crippen MR) is 145 cm³/mol. The first-order valence-corrected chi connectivity index (χ1v) is 12.4. The average molecular weight is 512 g/mol. The van der Waals surface area contributed by atoms with Crippen molar-refractivity contribution in [3.8, 4) is 5.75 Å². The third-order valence-corrected chi connectivity index (χ3v) is 6.49. The number of benzene rings is 3. The SMILES string of the molecule is COc1ccc2oc(COC(=O)N[C@H](Cc3c[nH]c4ccccc34)C(=O)N[C@@H](C)c3ccccc3)cc2c1. The molecular formula is C30H29N3O5. The molecule has 2 aromatic heterocycles. The number of nitrogens with one attached hydrogen (secondary N) is 3. The largest absolute Gasteiger partial charge is 0.497 e. The maximum atomic E-state index is 13.4. The highest BCUT2D eigenvalue weighted by Crippen LogP contribution is 2.25. The van der Waals surface area contributed by atoms with E-state index in [0.29, 0.717) is 17.1 Å². The molecule has 38 heavy (non-hydrogen) atoms. The zero-order valence-electron chi connectivity index (χ0n) is 21.2. The van der Waals surface area contributed by atoms with Gasteiger partial charge in [-0.3, -0.25) is 4.79 Å². The highest BCUT2D eigenvalue weighted by molar-refractivity contribution is 5.88. The number of furan rings is 1. The van der Waals surface area contributed by atoms with E-state index in [4.69, 9.17) is 13.9 Å². The standard InChI is InChI=1S/C30H29N3O5/c1-19(20-8-4-3-5-9-20)32-29(34)27(16-22-17-31-26-11-7-6-10-25(22)26)33-30(35)37-18-24-15-21-14-23(36-2)12-13-28(21)38-24/h3-15,17,19,27,31H,16,18H2,1-2H3,(H,32,34)(H,33,35)/t19-,27+/m0/s1. The Kier molecular flexibility index (Phi) is 7.31. The van der Waals surface area contributed by atoms with Crippen LogP contribution in [-0.2, 0) is 22.6 Å². The Bertz CT molecular complexity index is 1560. The molecule has 8 heteroatoms. The third-order valence-electron chi connectivity index (χ3n) is 6.49. The van der Waals surface area contributed by atoms with Crippen LogP contribution < -0.4 is 15.4 Å². The van der Waals surface area contributed by atoms with Gasteiger partial charge in [-0.05, 0) is 48.4 Å². The quantitative estimate of drug-likeness (QED) is 0.238. The van der Waals surface area contributed by atoms with E-state index in [1.165, 1.54) is 0 Å². The van der Waals surface area contributed by atoms with Gasteiger partial charge in [-0.15, -0.1) is 0 Å². The molecule has 0 fully saturated rings. The number of rotatable bonds is 9. The Morgan fingerprint density at radius 1 is 0.974 bits per heavy atom. The summed E-state index contributed by atoms with van der Waals surface area (Å²) in [5.41, 5.74) is 3.51. The van der Waals surface area contributed by atoms with Crippen molar-refractivity contribution in [2.45, 2.75) is 32.0 Å². The van der Waals surface area contributed by atoms with Gasteiger partial charge in [-0.1, -0.05) is 48.5 Å². The molecule has 0 unspecified atom stereocenters. The lowest BCUT2D eigenvalue weighted by atomic mass is 10.0. The normalized spacial score (nSPS) is 12.7. The summed E-state index contributed by atoms with van der Waals surface area (Å²) in [4.78, 5) is 29.4. The minimum absolute atomic E-state index is 0.0787. The molecular weight excluding hydrogens is 482 g/mol. The van der Waals surface area contributed by atoms with E-state index in [-0.39, 0.29) is 25.0 Å². The number of para-hydroxylation sites is 1. The molecule has 8 nitrogen and oxygen atoms in total. The Morgan fingerprint density at radius 3 is 2.58 bits per heavy atom. The summed E-state index contributed by atoms with van der Waals surface area (Å²) in [5, 5.41) is 7.60. The first-order chi connectivity index (χ1) is 18.5. The summed E-state index contributed by atoms with van der Waals surface area (Å²) in [5.74, 6) is 0.887. The smallest absolute Gasteiger partial charge is 0.408 e. The summed E-state index contributed by atoms with van der Waals surface area (Å²) >= 11 is 0. The third kappa shape index (κ3) is 5.64. The number of H-pyrrole nitrogens is 1. The molecule has 0 saturated carbocycles. The molecule has 0 radical (unpaired) electrons. The molecule has 0 spiro atoms. The number of carbonyl (C=O) groups is 2. The van der Waals surface area contributed by atoms with Gasteiger partial charge in [0.15, 0.2) is 6.61 Å². The Balaban J connectivity index is 1.29. The fourth-order valence-electron chi connectivity index (χ4n) is 4.46. The number of aromatic amines is 1. The number of ether oxygens (including phenoxy) is 2. The van der Waals surface area contributed by atoms with Gasteiger partial charge in [0.25, 0.3) is 0 Å². The van der Waals surface area contributed by atoms with Crippen molar-refractivity contribution < 1.29 is 23.5 Å². The van der Waals surface area contributed by atoms with Crippen LogP contribution in [0.5, 0.6) is 5.75 Å². The van der Waals surface area contributed by atoms with Crippen LogP contribution in [-0.4, -0.2) is 30.1 Å². The first-order valence-electron chi connectivity index (χ1n) is 12.4. The van der Waals surface area contributed by atoms with Crippen molar-refractivity contribution in [1.82, 2.24) is 15.6 Å². The summed E-state index contributed by atoms with van der Waals surface area (Å²) in [7, 11) is 1.60. The summed E-state index contributed by atoms with van der Waals surface area (Å²) in [6, 6.07) is 23.6. The van der Waals surface area contributed by atoms with Gasteiger partial charge in [0.1, 0.15) is 23.1 Å². The number of aromatic nitrogens is 1. The van der Waals surface area contributed by atoms with Gasteiger partial charge in [0.05, 0.1) is 13.2 Å². The van der Waals surface area contributed by atoms with E-state index >= 15 is 0 Å². The van der Waals surface area contributed by atoms with Gasteiger partial charge >= 0.3 is 6.09 Å². The molecule has 3 N–H and O–H groups in total. The summed E-state index contributed by atoms with van der Waals surface area (Å²) in [6.45, 7) is 1.83. The molecule has 0 aliphatic rings. The van der Waals surface area contributed by atoms with Gasteiger partial charge in [0, 0.05) is 28.9 Å². The number of methoxy groups -OCH3 is 1. The second-order valence-corrected chi connectivity index (χ2v) is 9.09. The molecule has 2 heterocycles. The molecule has 2 amide bonds. The molecule has 194 valence electrons.